The van der Waals surface area contributed by atoms with Crippen molar-refractivity contribution in [3.8, 4) is 0 Å². The highest BCUT2D eigenvalue weighted by Crippen LogP contribution is 2.34. The number of urea groups is 3. The third kappa shape index (κ3) is 13.5. The van der Waals surface area contributed by atoms with Gasteiger partial charge in [-0.25, -0.2) is 14.4 Å². The summed E-state index contributed by atoms with van der Waals surface area (Å²) in [5.41, 5.74) is 11.8. The second-order valence-electron chi connectivity index (χ2n) is 17.7. The summed E-state index contributed by atoms with van der Waals surface area (Å²) < 4.78 is 32.3. The van der Waals surface area contributed by atoms with Crippen LogP contribution in [0.15, 0.2) is 72.8 Å². The van der Waals surface area contributed by atoms with Crippen molar-refractivity contribution < 1.29 is 37.8 Å². The van der Waals surface area contributed by atoms with Crippen LogP contribution in [-0.2, 0) is 41.1 Å². The molecule has 71 heavy (non-hydrogen) atoms. The van der Waals surface area contributed by atoms with E-state index in [9.17, 15) is 22.8 Å². The highest BCUT2D eigenvalue weighted by molar-refractivity contribution is 7.90. The van der Waals surface area contributed by atoms with Crippen molar-refractivity contribution in [1.82, 2.24) is 19.0 Å². The number of hydrogen-bond acceptors (Lipinski definition) is 12. The third-order valence-electron chi connectivity index (χ3n) is 13.0. The largest absolute Gasteiger partial charge is 0.396 e. The quantitative estimate of drug-likeness (QED) is 0.0718. The Kier molecular flexibility index (Phi) is 19.0. The maximum atomic E-state index is 12.6. The molecule has 0 aromatic heterocycles. The summed E-state index contributed by atoms with van der Waals surface area (Å²) in [5, 5.41) is 32.7. The van der Waals surface area contributed by atoms with Crippen molar-refractivity contribution in [3.05, 3.63) is 95.1 Å². The van der Waals surface area contributed by atoms with Crippen LogP contribution >= 0.6 is 0 Å². The number of aliphatic hydroxyl groups excluding tert-OH is 2. The third-order valence-corrected chi connectivity index (χ3v) is 14.5. The highest BCUT2D eigenvalue weighted by atomic mass is 32.2. The first-order valence-electron chi connectivity index (χ1n) is 24.0. The predicted molar refractivity (Wildman–Crippen MR) is 283 cm³/mol. The monoisotopic (exact) mass is 1000 g/mol. The molecule has 0 spiro atoms. The van der Waals surface area contributed by atoms with Gasteiger partial charge in [0.25, 0.3) is 0 Å². The molecule has 0 saturated carbocycles. The SMILES string of the molecule is CNc1ccc2c(c1)N(C)C(=O)N(C1CCOCC1)C2.CNc1ccc2c(c1)N(C)C(=O)N(CCCO)C2.CNc1ccc2c(c1)NC(=O)N(CCCCO)C2.CNc1ccc2c(c1)NS(=O)(=O)N(C)C2. The highest BCUT2D eigenvalue weighted by Gasteiger charge is 2.34. The summed E-state index contributed by atoms with van der Waals surface area (Å²) in [5.74, 6) is 0. The van der Waals surface area contributed by atoms with E-state index in [0.717, 1.165) is 95.4 Å². The number of fused-ring (bicyclic) bond motifs is 4. The van der Waals surface area contributed by atoms with Crippen LogP contribution in [0, 0.1) is 0 Å². The zero-order valence-electron chi connectivity index (χ0n) is 42.0. The van der Waals surface area contributed by atoms with Crippen LogP contribution in [0.1, 0.15) is 54.4 Å². The molecule has 8 N–H and O–H groups in total. The van der Waals surface area contributed by atoms with E-state index >= 15 is 0 Å². The van der Waals surface area contributed by atoms with E-state index in [1.54, 1.807) is 46.8 Å². The predicted octanol–water partition coefficient (Wildman–Crippen LogP) is 6.44. The van der Waals surface area contributed by atoms with Crippen molar-refractivity contribution in [1.29, 1.82) is 0 Å². The summed E-state index contributed by atoms with van der Waals surface area (Å²) in [7, 11) is 9.25. The molecule has 20 nitrogen and oxygen atoms in total. The summed E-state index contributed by atoms with van der Waals surface area (Å²) in [4.78, 5) is 45.6. The lowest BCUT2D eigenvalue weighted by molar-refractivity contribution is 0.0441. The summed E-state index contributed by atoms with van der Waals surface area (Å²) in [6.45, 7) is 5.43. The fourth-order valence-corrected chi connectivity index (χ4v) is 9.68. The Hall–Kier alpha value is -6.52. The van der Waals surface area contributed by atoms with Gasteiger partial charge in [0.05, 0.1) is 17.1 Å². The van der Waals surface area contributed by atoms with Crippen LogP contribution in [0.3, 0.4) is 0 Å². The molecule has 1 fully saturated rings. The van der Waals surface area contributed by atoms with Crippen LogP contribution in [0.5, 0.6) is 0 Å². The molecule has 5 aliphatic rings. The fraction of sp³-hybridized carbons (Fsp3) is 0.460. The minimum absolute atomic E-state index is 0.01000. The van der Waals surface area contributed by atoms with E-state index in [1.165, 1.54) is 9.87 Å². The molecular weight excluding hydrogens is 929 g/mol. The Morgan fingerprint density at radius 1 is 0.592 bits per heavy atom. The number of hydrogen-bond donors (Lipinski definition) is 8. The molecule has 4 aromatic carbocycles. The van der Waals surface area contributed by atoms with Crippen LogP contribution in [-0.4, -0.2) is 151 Å². The molecule has 0 atom stereocenters. The molecule has 0 bridgehead atoms. The molecular formula is C50H72N12O8S. The van der Waals surface area contributed by atoms with Crippen molar-refractivity contribution >= 4 is 73.8 Å². The normalized spacial score (nSPS) is 17.0. The first-order chi connectivity index (χ1) is 34.1. The topological polar surface area (TPSA) is 227 Å². The van der Waals surface area contributed by atoms with Crippen LogP contribution in [0.2, 0.25) is 0 Å². The molecule has 0 unspecified atom stereocenters. The van der Waals surface area contributed by atoms with Crippen LogP contribution < -0.4 is 41.1 Å². The summed E-state index contributed by atoms with van der Waals surface area (Å²) in [6, 6.07) is 24.2. The van der Waals surface area contributed by atoms with Crippen molar-refractivity contribution in [2.45, 2.75) is 64.3 Å². The number of nitrogens with zero attached hydrogens (tertiary/aromatic N) is 6. The van der Waals surface area contributed by atoms with E-state index in [4.69, 9.17) is 14.9 Å². The van der Waals surface area contributed by atoms with Gasteiger partial charge in [0.15, 0.2) is 0 Å². The van der Waals surface area contributed by atoms with Gasteiger partial charge in [-0.1, -0.05) is 24.3 Å². The number of carbonyl (C=O) groups excluding carboxylic acids is 3. The molecule has 4 aromatic rings. The standard InChI is InChI=1S/C15H21N3O2.2C13H19N3O2.C9H13N3O2S/c1-16-12-4-3-11-10-18(13-5-7-20-8-6-13)15(19)17(2)14(11)9-12;1-14-11-5-4-10-9-16(6-3-7-17)13(18)15(2)12(10)8-11;1-14-11-5-4-10-9-16(6-2-3-7-17)13(18)15-12(10)8-11;1-10-8-4-3-7-6-12(2)15(13,14)11-9(7)5-8/h3-4,9,13,16H,5-8,10H2,1-2H3;4-5,8,14,17H,3,6-7,9H2,1-2H3;4-5,8,14,17H,2-3,6-7,9H2,1H3,(H,15,18);3-5,10-11H,6H2,1-2H3. The van der Waals surface area contributed by atoms with Gasteiger partial charge >= 0.3 is 28.3 Å². The van der Waals surface area contributed by atoms with Gasteiger partial charge in [-0.3, -0.25) is 14.5 Å². The van der Waals surface area contributed by atoms with Gasteiger partial charge in [-0.2, -0.15) is 12.7 Å². The molecule has 1 saturated heterocycles. The van der Waals surface area contributed by atoms with E-state index in [-0.39, 0.29) is 31.3 Å². The van der Waals surface area contributed by atoms with Gasteiger partial charge in [0.1, 0.15) is 0 Å². The number of ether oxygens (including phenoxy) is 1. The van der Waals surface area contributed by atoms with Crippen molar-refractivity contribution in [2.24, 2.45) is 0 Å². The zero-order chi connectivity index (χ0) is 51.2. The Balaban J connectivity index is 0.000000156. The Morgan fingerprint density at radius 3 is 1.63 bits per heavy atom. The minimum Gasteiger partial charge on any atom is -0.396 e. The van der Waals surface area contributed by atoms with Crippen molar-refractivity contribution in [2.75, 3.05) is 130 Å². The van der Waals surface area contributed by atoms with E-state index in [2.05, 4.69) is 43.4 Å². The first-order valence-corrected chi connectivity index (χ1v) is 25.5. The average Bonchev–Trinajstić information content (AvgIpc) is 3.38. The lowest BCUT2D eigenvalue weighted by Crippen LogP contribution is -2.51. The van der Waals surface area contributed by atoms with E-state index < -0.39 is 10.2 Å². The Morgan fingerprint density at radius 2 is 1.07 bits per heavy atom. The molecule has 5 aliphatic heterocycles. The Labute approximate surface area is 418 Å². The molecule has 9 rings (SSSR count). The Bertz CT molecular complexity index is 2580. The number of anilines is 8. The average molecular weight is 1000 g/mol. The van der Waals surface area contributed by atoms with E-state index in [0.29, 0.717) is 57.4 Å². The first kappa shape index (κ1) is 53.8. The second kappa shape index (κ2) is 25.0. The second-order valence-corrected chi connectivity index (χ2v) is 19.5. The number of unbranched alkanes of at least 4 members (excludes halogenated alkanes) is 1. The minimum atomic E-state index is -3.34. The summed E-state index contributed by atoms with van der Waals surface area (Å²) in [6.07, 6.45) is 4.04. The van der Waals surface area contributed by atoms with E-state index in [1.807, 2.05) is 87.7 Å². The van der Waals surface area contributed by atoms with Gasteiger partial charge in [-0.05, 0) is 103 Å². The molecule has 6 amide bonds. The maximum absolute atomic E-state index is 12.6. The molecule has 0 radical (unpaired) electrons. The van der Waals surface area contributed by atoms with Crippen LogP contribution in [0.4, 0.5) is 59.9 Å². The zero-order valence-corrected chi connectivity index (χ0v) is 42.9. The number of nitrogens with one attached hydrogen (secondary N) is 6. The molecule has 386 valence electrons. The summed E-state index contributed by atoms with van der Waals surface area (Å²) >= 11 is 0. The number of amides is 6. The van der Waals surface area contributed by atoms with Crippen molar-refractivity contribution in [3.63, 3.8) is 0 Å². The molecule has 5 heterocycles. The lowest BCUT2D eigenvalue weighted by atomic mass is 10.0. The number of rotatable bonds is 12. The molecule has 21 heteroatoms. The smallest absolute Gasteiger partial charge is 0.324 e. The maximum Gasteiger partial charge on any atom is 0.324 e. The van der Waals surface area contributed by atoms with Crippen LogP contribution in [0.25, 0.3) is 0 Å². The van der Waals surface area contributed by atoms with Gasteiger partial charge in [0, 0.05) is 150 Å². The lowest BCUT2D eigenvalue weighted by Gasteiger charge is -2.41. The van der Waals surface area contributed by atoms with Gasteiger partial charge < -0.3 is 56.2 Å². The van der Waals surface area contributed by atoms with Gasteiger partial charge in [-0.15, -0.1) is 0 Å². The number of aliphatic hydroxyl groups is 2. The molecule has 0 aliphatic carbocycles. The fourth-order valence-electron chi connectivity index (χ4n) is 8.74. The number of carbonyl (C=O) groups is 3. The van der Waals surface area contributed by atoms with Gasteiger partial charge in [0.2, 0.25) is 0 Å². The number of benzene rings is 4.